The Morgan fingerprint density at radius 3 is 2.45 bits per heavy atom. The zero-order chi connectivity index (χ0) is 7.90. The maximum absolute atomic E-state index is 11.4. The monoisotopic (exact) mass is 154 g/mol. The highest BCUT2D eigenvalue weighted by Crippen LogP contribution is 2.30. The van der Waals surface area contributed by atoms with Crippen molar-refractivity contribution in [2.45, 2.75) is 43.7 Å². The van der Waals surface area contributed by atoms with Crippen LogP contribution in [0.5, 0.6) is 0 Å². The Bertz CT molecular complexity index is 183. The first-order valence-corrected chi connectivity index (χ1v) is 4.31. The van der Waals surface area contributed by atoms with Gasteiger partial charge in [0, 0.05) is 6.04 Å². The van der Waals surface area contributed by atoms with Gasteiger partial charge in [-0.3, -0.25) is 4.79 Å². The molecule has 3 heteroatoms. The molecule has 0 atom stereocenters. The fourth-order valence-corrected chi connectivity index (χ4v) is 1.34. The molecule has 0 aromatic heterocycles. The summed E-state index contributed by atoms with van der Waals surface area (Å²) in [5.41, 5.74) is 5.31. The predicted molar refractivity (Wildman–Crippen MR) is 41.9 cm³/mol. The topological polar surface area (TPSA) is 55.1 Å². The molecule has 2 aliphatic rings. The van der Waals surface area contributed by atoms with Gasteiger partial charge in [-0.15, -0.1) is 0 Å². The normalized spacial score (nSPS) is 27.4. The van der Waals surface area contributed by atoms with Gasteiger partial charge in [-0.1, -0.05) is 0 Å². The first-order chi connectivity index (χ1) is 5.21. The van der Waals surface area contributed by atoms with Crippen molar-refractivity contribution >= 4 is 5.91 Å². The summed E-state index contributed by atoms with van der Waals surface area (Å²) < 4.78 is 0. The van der Waals surface area contributed by atoms with E-state index < -0.39 is 5.54 Å². The second-order valence-corrected chi connectivity index (χ2v) is 3.76. The lowest BCUT2D eigenvalue weighted by atomic mass is 9.77. The van der Waals surface area contributed by atoms with Crippen molar-refractivity contribution in [3.05, 3.63) is 0 Å². The average Bonchev–Trinajstić information content (AvgIpc) is 2.66. The molecule has 2 saturated carbocycles. The number of hydrogen-bond donors (Lipinski definition) is 2. The van der Waals surface area contributed by atoms with E-state index in [1.165, 1.54) is 0 Å². The lowest BCUT2D eigenvalue weighted by molar-refractivity contribution is -0.129. The molecule has 0 aromatic rings. The van der Waals surface area contributed by atoms with Crippen LogP contribution in [0, 0.1) is 0 Å². The van der Waals surface area contributed by atoms with Crippen molar-refractivity contribution < 1.29 is 4.79 Å². The largest absolute Gasteiger partial charge is 0.352 e. The van der Waals surface area contributed by atoms with Crippen LogP contribution in [-0.2, 0) is 4.79 Å². The molecule has 0 unspecified atom stereocenters. The Labute approximate surface area is 66.3 Å². The van der Waals surface area contributed by atoms with Crippen LogP contribution < -0.4 is 11.1 Å². The van der Waals surface area contributed by atoms with Crippen LogP contribution in [0.1, 0.15) is 32.1 Å². The summed E-state index contributed by atoms with van der Waals surface area (Å²) >= 11 is 0. The van der Waals surface area contributed by atoms with E-state index in [0.29, 0.717) is 6.04 Å². The van der Waals surface area contributed by atoms with E-state index in [1.807, 2.05) is 0 Å². The van der Waals surface area contributed by atoms with Crippen LogP contribution in [-0.4, -0.2) is 17.5 Å². The molecule has 3 nitrogen and oxygen atoms in total. The number of carbonyl (C=O) groups is 1. The summed E-state index contributed by atoms with van der Waals surface area (Å²) in [6, 6.07) is 0.448. The molecule has 0 spiro atoms. The molecular formula is C8H14N2O. The molecular weight excluding hydrogens is 140 g/mol. The predicted octanol–water partition coefficient (Wildman–Crippen LogP) is 0.146. The molecule has 2 rings (SSSR count). The molecule has 62 valence electrons. The number of nitrogens with two attached hydrogens (primary N) is 1. The Morgan fingerprint density at radius 1 is 1.45 bits per heavy atom. The minimum Gasteiger partial charge on any atom is -0.352 e. The van der Waals surface area contributed by atoms with Crippen molar-refractivity contribution in [1.82, 2.24) is 5.32 Å². The zero-order valence-corrected chi connectivity index (χ0v) is 6.60. The van der Waals surface area contributed by atoms with Crippen molar-refractivity contribution in [2.75, 3.05) is 0 Å². The van der Waals surface area contributed by atoms with E-state index in [-0.39, 0.29) is 5.91 Å². The van der Waals surface area contributed by atoms with Crippen LogP contribution in [0.4, 0.5) is 0 Å². The zero-order valence-electron chi connectivity index (χ0n) is 6.60. The Hall–Kier alpha value is -0.570. The van der Waals surface area contributed by atoms with Gasteiger partial charge in [0.2, 0.25) is 5.91 Å². The fraction of sp³-hybridized carbons (Fsp3) is 0.875. The van der Waals surface area contributed by atoms with Gasteiger partial charge < -0.3 is 11.1 Å². The molecule has 2 aliphatic carbocycles. The first kappa shape index (κ1) is 7.10. The summed E-state index contributed by atoms with van der Waals surface area (Å²) in [5, 5.41) is 2.93. The molecule has 0 bridgehead atoms. The van der Waals surface area contributed by atoms with Crippen LogP contribution in [0.2, 0.25) is 0 Å². The minimum absolute atomic E-state index is 0.0752. The molecule has 2 fully saturated rings. The summed E-state index contributed by atoms with van der Waals surface area (Å²) in [5.74, 6) is 0.0752. The van der Waals surface area contributed by atoms with E-state index in [9.17, 15) is 4.79 Å². The Morgan fingerprint density at radius 2 is 2.09 bits per heavy atom. The molecule has 0 saturated heterocycles. The van der Waals surface area contributed by atoms with Gasteiger partial charge >= 0.3 is 0 Å². The third kappa shape index (κ3) is 1.25. The quantitative estimate of drug-likeness (QED) is 0.594. The highest BCUT2D eigenvalue weighted by molar-refractivity contribution is 5.87. The van der Waals surface area contributed by atoms with Crippen LogP contribution in [0.25, 0.3) is 0 Å². The summed E-state index contributed by atoms with van der Waals surface area (Å²) in [4.78, 5) is 11.4. The fourth-order valence-electron chi connectivity index (χ4n) is 1.34. The minimum atomic E-state index is -0.497. The van der Waals surface area contributed by atoms with Crippen molar-refractivity contribution in [1.29, 1.82) is 0 Å². The third-order valence-electron chi connectivity index (χ3n) is 2.61. The van der Waals surface area contributed by atoms with E-state index in [0.717, 1.165) is 32.1 Å². The van der Waals surface area contributed by atoms with Gasteiger partial charge in [0.1, 0.15) is 0 Å². The van der Waals surface area contributed by atoms with Crippen LogP contribution in [0.3, 0.4) is 0 Å². The van der Waals surface area contributed by atoms with Gasteiger partial charge in [-0.25, -0.2) is 0 Å². The lowest BCUT2D eigenvalue weighted by Gasteiger charge is -2.36. The standard InChI is InChI=1S/C8H14N2O/c9-8(4-1-5-8)7(11)10-6-2-3-6/h6H,1-5,9H2,(H,10,11). The summed E-state index contributed by atoms with van der Waals surface area (Å²) in [6.45, 7) is 0. The molecule has 0 aromatic carbocycles. The van der Waals surface area contributed by atoms with E-state index in [1.54, 1.807) is 0 Å². The van der Waals surface area contributed by atoms with Crippen molar-refractivity contribution in [2.24, 2.45) is 5.73 Å². The number of nitrogens with one attached hydrogen (secondary N) is 1. The summed E-state index contributed by atoms with van der Waals surface area (Å²) in [7, 11) is 0. The number of carbonyl (C=O) groups excluding carboxylic acids is 1. The Balaban J connectivity index is 1.86. The van der Waals surface area contributed by atoms with Crippen LogP contribution >= 0.6 is 0 Å². The van der Waals surface area contributed by atoms with Gasteiger partial charge in [0.05, 0.1) is 5.54 Å². The third-order valence-corrected chi connectivity index (χ3v) is 2.61. The smallest absolute Gasteiger partial charge is 0.240 e. The van der Waals surface area contributed by atoms with Crippen molar-refractivity contribution in [3.63, 3.8) is 0 Å². The second-order valence-electron chi connectivity index (χ2n) is 3.76. The van der Waals surface area contributed by atoms with Gasteiger partial charge in [-0.05, 0) is 32.1 Å². The van der Waals surface area contributed by atoms with E-state index in [2.05, 4.69) is 5.32 Å². The van der Waals surface area contributed by atoms with Gasteiger partial charge in [0.15, 0.2) is 0 Å². The summed E-state index contributed by atoms with van der Waals surface area (Å²) in [6.07, 6.45) is 5.12. The molecule has 0 radical (unpaired) electrons. The van der Waals surface area contributed by atoms with E-state index in [4.69, 9.17) is 5.73 Å². The second kappa shape index (κ2) is 2.21. The molecule has 1 amide bonds. The first-order valence-electron chi connectivity index (χ1n) is 4.31. The van der Waals surface area contributed by atoms with Gasteiger partial charge in [0.25, 0.3) is 0 Å². The SMILES string of the molecule is NC1(C(=O)NC2CC2)CCC1. The maximum Gasteiger partial charge on any atom is 0.240 e. The number of amides is 1. The van der Waals surface area contributed by atoms with E-state index >= 15 is 0 Å². The molecule has 0 heterocycles. The molecule has 0 aliphatic heterocycles. The lowest BCUT2D eigenvalue weighted by Crippen LogP contribution is -2.58. The van der Waals surface area contributed by atoms with Crippen LogP contribution in [0.15, 0.2) is 0 Å². The van der Waals surface area contributed by atoms with Gasteiger partial charge in [-0.2, -0.15) is 0 Å². The number of hydrogen-bond acceptors (Lipinski definition) is 2. The highest BCUT2D eigenvalue weighted by Gasteiger charge is 2.41. The number of rotatable bonds is 2. The molecule has 3 N–H and O–H groups in total. The maximum atomic E-state index is 11.4. The molecule has 11 heavy (non-hydrogen) atoms. The highest BCUT2D eigenvalue weighted by atomic mass is 16.2. The Kier molecular flexibility index (Phi) is 1.42. The van der Waals surface area contributed by atoms with Crippen molar-refractivity contribution in [3.8, 4) is 0 Å². The average molecular weight is 154 g/mol.